The lowest BCUT2D eigenvalue weighted by molar-refractivity contribution is 0.524. The lowest BCUT2D eigenvalue weighted by Gasteiger charge is -2.20. The number of aromatic amines is 1. The van der Waals surface area contributed by atoms with Crippen LogP contribution in [0.4, 0.5) is 4.39 Å². The van der Waals surface area contributed by atoms with E-state index in [4.69, 9.17) is 0 Å². The molecule has 0 amide bonds. The van der Waals surface area contributed by atoms with Crippen molar-refractivity contribution >= 4 is 21.6 Å². The van der Waals surface area contributed by atoms with Gasteiger partial charge in [-0.1, -0.05) is 32.9 Å². The normalized spacial score (nSPS) is 12.2. The molecule has 0 spiro atoms. The van der Waals surface area contributed by atoms with Crippen molar-refractivity contribution < 1.29 is 4.39 Å². The van der Waals surface area contributed by atoms with Crippen LogP contribution in [0.3, 0.4) is 0 Å². The number of rotatable bonds is 1. The molecule has 4 heteroatoms. The molecule has 0 saturated heterocycles. The zero-order chi connectivity index (χ0) is 13.6. The Labute approximate surface area is 115 Å². The molecular formula is C15H15FN2S. The van der Waals surface area contributed by atoms with Gasteiger partial charge in [-0.05, 0) is 28.5 Å². The maximum Gasteiger partial charge on any atom is 0.136 e. The van der Waals surface area contributed by atoms with Crippen molar-refractivity contribution in [2.24, 2.45) is 0 Å². The Morgan fingerprint density at radius 2 is 2.00 bits per heavy atom. The summed E-state index contributed by atoms with van der Waals surface area (Å²) in [6.45, 7) is 6.04. The van der Waals surface area contributed by atoms with E-state index in [0.29, 0.717) is 11.3 Å². The second-order valence-corrected chi connectivity index (χ2v) is 6.57. The van der Waals surface area contributed by atoms with Crippen LogP contribution in [0.25, 0.3) is 21.5 Å². The standard InChI is InChI=1S/C15H15FN2S/c1-15(2,3)10-6-4-5-9(12(10)16)13-14-11(17-18-13)7-8-19-14/h4-8H,1-3H3,(H,17,18). The van der Waals surface area contributed by atoms with Crippen LogP contribution in [-0.4, -0.2) is 10.2 Å². The molecule has 98 valence electrons. The average molecular weight is 274 g/mol. The van der Waals surface area contributed by atoms with Gasteiger partial charge in [-0.3, -0.25) is 5.10 Å². The molecule has 19 heavy (non-hydrogen) atoms. The zero-order valence-corrected chi connectivity index (χ0v) is 11.9. The highest BCUT2D eigenvalue weighted by atomic mass is 32.1. The van der Waals surface area contributed by atoms with Gasteiger partial charge in [0.1, 0.15) is 11.5 Å². The van der Waals surface area contributed by atoms with E-state index in [1.807, 2.05) is 44.4 Å². The fraction of sp³-hybridized carbons (Fsp3) is 0.267. The molecule has 2 aromatic heterocycles. The SMILES string of the molecule is CC(C)(C)c1cccc(-c2n[nH]c3ccsc23)c1F. The summed E-state index contributed by atoms with van der Waals surface area (Å²) in [7, 11) is 0. The number of thiophene rings is 1. The molecule has 0 unspecified atom stereocenters. The quantitative estimate of drug-likeness (QED) is 0.683. The van der Waals surface area contributed by atoms with Crippen LogP contribution in [0.2, 0.25) is 0 Å². The summed E-state index contributed by atoms with van der Waals surface area (Å²) in [5.41, 5.74) is 2.73. The van der Waals surface area contributed by atoms with Crippen molar-refractivity contribution in [2.75, 3.05) is 0 Å². The molecular weight excluding hydrogens is 259 g/mol. The average Bonchev–Trinajstić information content (AvgIpc) is 2.90. The molecule has 2 nitrogen and oxygen atoms in total. The lowest BCUT2D eigenvalue weighted by atomic mass is 9.85. The zero-order valence-electron chi connectivity index (χ0n) is 11.1. The summed E-state index contributed by atoms with van der Waals surface area (Å²) in [6, 6.07) is 7.49. The first-order valence-electron chi connectivity index (χ1n) is 6.19. The fourth-order valence-electron chi connectivity index (χ4n) is 2.22. The molecule has 1 N–H and O–H groups in total. The molecule has 0 aliphatic carbocycles. The van der Waals surface area contributed by atoms with Crippen molar-refractivity contribution in [3.63, 3.8) is 0 Å². The third-order valence-corrected chi connectivity index (χ3v) is 4.15. The van der Waals surface area contributed by atoms with Gasteiger partial charge in [0, 0.05) is 5.56 Å². The minimum atomic E-state index is -0.217. The summed E-state index contributed by atoms with van der Waals surface area (Å²) in [5.74, 6) is -0.170. The molecule has 0 atom stereocenters. The topological polar surface area (TPSA) is 28.7 Å². The van der Waals surface area contributed by atoms with Crippen LogP contribution in [0.5, 0.6) is 0 Å². The van der Waals surface area contributed by atoms with Crippen LogP contribution >= 0.6 is 11.3 Å². The van der Waals surface area contributed by atoms with Gasteiger partial charge in [-0.2, -0.15) is 5.10 Å². The summed E-state index contributed by atoms with van der Waals surface area (Å²) >= 11 is 1.58. The van der Waals surface area contributed by atoms with Crippen molar-refractivity contribution in [1.82, 2.24) is 10.2 Å². The largest absolute Gasteiger partial charge is 0.276 e. The van der Waals surface area contributed by atoms with Crippen LogP contribution < -0.4 is 0 Å². The number of nitrogens with zero attached hydrogens (tertiary/aromatic N) is 1. The molecule has 0 fully saturated rings. The van der Waals surface area contributed by atoms with Gasteiger partial charge in [0.05, 0.1) is 10.2 Å². The number of nitrogens with one attached hydrogen (secondary N) is 1. The molecule has 0 saturated carbocycles. The second kappa shape index (κ2) is 4.17. The van der Waals surface area contributed by atoms with Gasteiger partial charge in [0.15, 0.2) is 0 Å². The van der Waals surface area contributed by atoms with E-state index >= 15 is 0 Å². The fourth-order valence-corrected chi connectivity index (χ4v) is 3.07. The Kier molecular flexibility index (Phi) is 2.71. The molecule has 1 aromatic carbocycles. The van der Waals surface area contributed by atoms with Crippen LogP contribution in [-0.2, 0) is 5.41 Å². The van der Waals surface area contributed by atoms with Crippen LogP contribution in [0, 0.1) is 5.82 Å². The second-order valence-electron chi connectivity index (χ2n) is 5.65. The summed E-state index contributed by atoms with van der Waals surface area (Å²) in [5, 5.41) is 9.18. The van der Waals surface area contributed by atoms with Gasteiger partial charge >= 0.3 is 0 Å². The summed E-state index contributed by atoms with van der Waals surface area (Å²) < 4.78 is 15.7. The molecule has 3 aromatic rings. The predicted molar refractivity (Wildman–Crippen MR) is 78.1 cm³/mol. The van der Waals surface area contributed by atoms with Gasteiger partial charge in [-0.15, -0.1) is 11.3 Å². The maximum absolute atomic E-state index is 14.7. The first-order chi connectivity index (χ1) is 8.98. The first-order valence-corrected chi connectivity index (χ1v) is 7.07. The van der Waals surface area contributed by atoms with E-state index in [-0.39, 0.29) is 11.2 Å². The van der Waals surface area contributed by atoms with Crippen molar-refractivity contribution in [2.45, 2.75) is 26.2 Å². The number of hydrogen-bond acceptors (Lipinski definition) is 2. The molecule has 0 bridgehead atoms. The third-order valence-electron chi connectivity index (χ3n) is 3.23. The van der Waals surface area contributed by atoms with Crippen LogP contribution in [0.1, 0.15) is 26.3 Å². The number of benzene rings is 1. The smallest absolute Gasteiger partial charge is 0.136 e. The van der Waals surface area contributed by atoms with Crippen LogP contribution in [0.15, 0.2) is 29.6 Å². The minimum absolute atomic E-state index is 0.170. The van der Waals surface area contributed by atoms with Gasteiger partial charge in [0.2, 0.25) is 0 Å². The minimum Gasteiger partial charge on any atom is -0.276 e. The predicted octanol–water partition coefficient (Wildman–Crippen LogP) is 4.73. The highest BCUT2D eigenvalue weighted by molar-refractivity contribution is 7.17. The molecule has 0 aliphatic rings. The van der Waals surface area contributed by atoms with E-state index in [1.165, 1.54) is 0 Å². The molecule has 0 radical (unpaired) electrons. The highest BCUT2D eigenvalue weighted by Crippen LogP contribution is 2.35. The van der Waals surface area contributed by atoms with Crippen molar-refractivity contribution in [1.29, 1.82) is 0 Å². The Balaban J connectivity index is 2.24. The third kappa shape index (κ3) is 1.96. The monoisotopic (exact) mass is 274 g/mol. The van der Waals surface area contributed by atoms with Crippen molar-refractivity contribution in [3.05, 3.63) is 41.0 Å². The van der Waals surface area contributed by atoms with E-state index in [0.717, 1.165) is 15.8 Å². The highest BCUT2D eigenvalue weighted by Gasteiger charge is 2.22. The Morgan fingerprint density at radius 3 is 2.74 bits per heavy atom. The van der Waals surface area contributed by atoms with Gasteiger partial charge in [-0.25, -0.2) is 4.39 Å². The van der Waals surface area contributed by atoms with E-state index in [9.17, 15) is 4.39 Å². The Morgan fingerprint density at radius 1 is 1.21 bits per heavy atom. The van der Waals surface area contributed by atoms with Gasteiger partial charge in [0.25, 0.3) is 0 Å². The Bertz CT molecular complexity index is 734. The summed E-state index contributed by atoms with van der Waals surface area (Å²) in [4.78, 5) is 0. The van der Waals surface area contributed by atoms with E-state index < -0.39 is 0 Å². The van der Waals surface area contributed by atoms with E-state index in [2.05, 4.69) is 10.2 Å². The Hall–Kier alpha value is -1.68. The molecule has 3 rings (SSSR count). The van der Waals surface area contributed by atoms with Gasteiger partial charge < -0.3 is 0 Å². The summed E-state index contributed by atoms with van der Waals surface area (Å²) in [6.07, 6.45) is 0. The number of aromatic nitrogens is 2. The van der Waals surface area contributed by atoms with Crippen molar-refractivity contribution in [3.8, 4) is 11.3 Å². The number of halogens is 1. The maximum atomic E-state index is 14.7. The lowest BCUT2D eigenvalue weighted by Crippen LogP contribution is -2.14. The first kappa shape index (κ1) is 12.4. The molecule has 0 aliphatic heterocycles. The molecule has 2 heterocycles. The number of hydrogen-bond donors (Lipinski definition) is 1. The van der Waals surface area contributed by atoms with E-state index in [1.54, 1.807) is 17.4 Å². The number of H-pyrrole nitrogens is 1. The number of fused-ring (bicyclic) bond motifs is 1.